The predicted molar refractivity (Wildman–Crippen MR) is 130 cm³/mol. The van der Waals surface area contributed by atoms with E-state index in [2.05, 4.69) is 15.6 Å². The van der Waals surface area contributed by atoms with Crippen molar-refractivity contribution in [3.63, 3.8) is 0 Å². The molecule has 8 nitrogen and oxygen atoms in total. The minimum atomic E-state index is -0.466. The normalized spacial score (nSPS) is 14.8. The number of nitrogens with one attached hydrogen (secondary N) is 2. The van der Waals surface area contributed by atoms with Crippen molar-refractivity contribution in [1.82, 2.24) is 19.7 Å². The first kappa shape index (κ1) is 21.4. The molecule has 0 aliphatic carbocycles. The molecule has 0 saturated heterocycles. The summed E-state index contributed by atoms with van der Waals surface area (Å²) in [5.74, 6) is 1.71. The standard InChI is InChI=1S/C26H24N6O2/c1-3-34-21-11-9-19(10-12-21)24-30-26-28-17(2)22(25(33)29-20-7-5-4-6-8-20)23(32(26)31-24)18-13-15-27-16-14-18/h4-16,23H,3H2,1-2H3,(H,29,33)(H,28,30,31). The zero-order valence-corrected chi connectivity index (χ0v) is 18.9. The quantitative estimate of drug-likeness (QED) is 0.442. The second-order valence-electron chi connectivity index (χ2n) is 7.83. The van der Waals surface area contributed by atoms with Crippen LogP contribution in [0.2, 0.25) is 0 Å². The van der Waals surface area contributed by atoms with Gasteiger partial charge in [-0.2, -0.15) is 4.98 Å². The highest BCUT2D eigenvalue weighted by Gasteiger charge is 2.34. The molecule has 170 valence electrons. The lowest BCUT2D eigenvalue weighted by Gasteiger charge is -2.28. The van der Waals surface area contributed by atoms with Gasteiger partial charge in [0, 0.05) is 29.3 Å². The number of carbonyl (C=O) groups excluding carboxylic acids is 1. The molecule has 34 heavy (non-hydrogen) atoms. The number of hydrogen-bond acceptors (Lipinski definition) is 6. The number of aromatic nitrogens is 4. The van der Waals surface area contributed by atoms with Crippen molar-refractivity contribution in [2.75, 3.05) is 17.2 Å². The predicted octanol–water partition coefficient (Wildman–Crippen LogP) is 4.67. The van der Waals surface area contributed by atoms with Crippen LogP contribution in [0.1, 0.15) is 25.5 Å². The molecule has 0 saturated carbocycles. The SMILES string of the molecule is CCOc1ccc(-c2nc3n(n2)C(c2ccncc2)C(C(=O)Nc2ccccc2)=C(C)N3)cc1. The molecule has 2 N–H and O–H groups in total. The minimum Gasteiger partial charge on any atom is -0.494 e. The van der Waals surface area contributed by atoms with Crippen molar-refractivity contribution < 1.29 is 9.53 Å². The number of nitrogens with zero attached hydrogens (tertiary/aromatic N) is 4. The molecule has 4 aromatic rings. The van der Waals surface area contributed by atoms with Crippen LogP contribution in [0.25, 0.3) is 11.4 Å². The number of pyridine rings is 1. The highest BCUT2D eigenvalue weighted by Crippen LogP contribution is 2.36. The maximum Gasteiger partial charge on any atom is 0.255 e. The molecule has 2 aromatic carbocycles. The summed E-state index contributed by atoms with van der Waals surface area (Å²) in [6, 6.07) is 20.4. The van der Waals surface area contributed by atoms with Crippen molar-refractivity contribution in [2.24, 2.45) is 0 Å². The minimum absolute atomic E-state index is 0.207. The van der Waals surface area contributed by atoms with Gasteiger partial charge in [-0.15, -0.1) is 5.10 Å². The van der Waals surface area contributed by atoms with E-state index >= 15 is 0 Å². The molecule has 0 bridgehead atoms. The number of allylic oxidation sites excluding steroid dienone is 1. The molecule has 0 radical (unpaired) electrons. The second kappa shape index (κ2) is 9.19. The lowest BCUT2D eigenvalue weighted by Crippen LogP contribution is -2.31. The number of ether oxygens (including phenoxy) is 1. The van der Waals surface area contributed by atoms with E-state index in [9.17, 15) is 4.79 Å². The third kappa shape index (κ3) is 4.13. The zero-order valence-electron chi connectivity index (χ0n) is 18.9. The molecule has 5 rings (SSSR count). The van der Waals surface area contributed by atoms with Gasteiger partial charge in [0.15, 0.2) is 5.82 Å². The number of para-hydroxylation sites is 1. The van der Waals surface area contributed by atoms with Gasteiger partial charge >= 0.3 is 0 Å². The van der Waals surface area contributed by atoms with Gasteiger partial charge in [-0.25, -0.2) is 4.68 Å². The third-order valence-electron chi connectivity index (χ3n) is 5.57. The largest absolute Gasteiger partial charge is 0.494 e. The molecule has 2 aromatic heterocycles. The Labute approximate surface area is 197 Å². The number of rotatable bonds is 6. The molecule has 1 aliphatic rings. The summed E-state index contributed by atoms with van der Waals surface area (Å²) in [5.41, 5.74) is 3.74. The number of carbonyl (C=O) groups is 1. The van der Waals surface area contributed by atoms with Crippen LogP contribution in [0.15, 0.2) is 90.4 Å². The lowest BCUT2D eigenvalue weighted by molar-refractivity contribution is -0.113. The van der Waals surface area contributed by atoms with Crippen molar-refractivity contribution in [3.8, 4) is 17.1 Å². The molecule has 1 aliphatic heterocycles. The summed E-state index contributed by atoms with van der Waals surface area (Å²) >= 11 is 0. The molecular weight excluding hydrogens is 428 g/mol. The van der Waals surface area contributed by atoms with Gasteiger partial charge in [0.1, 0.15) is 11.8 Å². The zero-order chi connectivity index (χ0) is 23.5. The molecule has 8 heteroatoms. The Bertz CT molecular complexity index is 1330. The molecule has 1 amide bonds. The van der Waals surface area contributed by atoms with E-state index in [0.29, 0.717) is 29.6 Å². The van der Waals surface area contributed by atoms with Crippen LogP contribution in [0.5, 0.6) is 5.75 Å². The average Bonchev–Trinajstić information content (AvgIpc) is 3.28. The maximum absolute atomic E-state index is 13.4. The first-order valence-electron chi connectivity index (χ1n) is 11.1. The van der Waals surface area contributed by atoms with Gasteiger partial charge in [-0.1, -0.05) is 18.2 Å². The Balaban J connectivity index is 1.55. The molecule has 0 spiro atoms. The number of anilines is 2. The topological polar surface area (TPSA) is 94.0 Å². The highest BCUT2D eigenvalue weighted by molar-refractivity contribution is 6.06. The Morgan fingerprint density at radius 3 is 2.50 bits per heavy atom. The molecule has 1 atom stereocenters. The third-order valence-corrected chi connectivity index (χ3v) is 5.57. The van der Waals surface area contributed by atoms with Gasteiger partial charge in [0.05, 0.1) is 12.2 Å². The van der Waals surface area contributed by atoms with E-state index in [4.69, 9.17) is 14.8 Å². The van der Waals surface area contributed by atoms with Gasteiger partial charge < -0.3 is 15.4 Å². The fraction of sp³-hybridized carbons (Fsp3) is 0.154. The van der Waals surface area contributed by atoms with E-state index in [1.165, 1.54) is 0 Å². The summed E-state index contributed by atoms with van der Waals surface area (Å²) in [5, 5.41) is 11.1. The van der Waals surface area contributed by atoms with Crippen LogP contribution in [-0.4, -0.2) is 32.3 Å². The fourth-order valence-electron chi connectivity index (χ4n) is 4.01. The Hall–Kier alpha value is -4.46. The Morgan fingerprint density at radius 1 is 1.06 bits per heavy atom. The number of benzene rings is 2. The highest BCUT2D eigenvalue weighted by atomic mass is 16.5. The van der Waals surface area contributed by atoms with E-state index < -0.39 is 6.04 Å². The van der Waals surface area contributed by atoms with Gasteiger partial charge in [0.25, 0.3) is 5.91 Å². The van der Waals surface area contributed by atoms with Crippen LogP contribution in [0.3, 0.4) is 0 Å². The molecule has 0 fully saturated rings. The van der Waals surface area contributed by atoms with E-state index in [1.807, 2.05) is 80.6 Å². The summed E-state index contributed by atoms with van der Waals surface area (Å²) in [7, 11) is 0. The van der Waals surface area contributed by atoms with E-state index in [1.54, 1.807) is 17.1 Å². The lowest BCUT2D eigenvalue weighted by atomic mass is 9.96. The molecule has 3 heterocycles. The van der Waals surface area contributed by atoms with E-state index in [-0.39, 0.29) is 5.91 Å². The van der Waals surface area contributed by atoms with Gasteiger partial charge in [-0.05, 0) is 67.9 Å². The monoisotopic (exact) mass is 452 g/mol. The van der Waals surface area contributed by atoms with Crippen LogP contribution in [0.4, 0.5) is 11.6 Å². The fourth-order valence-corrected chi connectivity index (χ4v) is 4.01. The summed E-state index contributed by atoms with van der Waals surface area (Å²) in [6.07, 6.45) is 3.42. The Kier molecular flexibility index (Phi) is 5.78. The van der Waals surface area contributed by atoms with Crippen molar-refractivity contribution >= 4 is 17.5 Å². The first-order chi connectivity index (χ1) is 16.6. The van der Waals surface area contributed by atoms with Crippen LogP contribution in [-0.2, 0) is 4.79 Å². The smallest absolute Gasteiger partial charge is 0.255 e. The maximum atomic E-state index is 13.4. The number of amides is 1. The van der Waals surface area contributed by atoms with Crippen molar-refractivity contribution in [3.05, 3.63) is 96.0 Å². The average molecular weight is 453 g/mol. The molecule has 1 unspecified atom stereocenters. The number of hydrogen-bond donors (Lipinski definition) is 2. The second-order valence-corrected chi connectivity index (χ2v) is 7.83. The van der Waals surface area contributed by atoms with Crippen molar-refractivity contribution in [1.29, 1.82) is 0 Å². The van der Waals surface area contributed by atoms with Crippen LogP contribution >= 0.6 is 0 Å². The van der Waals surface area contributed by atoms with Crippen molar-refractivity contribution in [2.45, 2.75) is 19.9 Å². The summed E-state index contributed by atoms with van der Waals surface area (Å²) < 4.78 is 7.30. The molecular formula is C26H24N6O2. The van der Waals surface area contributed by atoms with Gasteiger partial charge in [-0.3, -0.25) is 9.78 Å². The summed E-state index contributed by atoms with van der Waals surface area (Å²) in [6.45, 7) is 4.43. The van der Waals surface area contributed by atoms with Gasteiger partial charge in [0.2, 0.25) is 5.95 Å². The van der Waals surface area contributed by atoms with Crippen LogP contribution < -0.4 is 15.4 Å². The summed E-state index contributed by atoms with van der Waals surface area (Å²) in [4.78, 5) is 22.3. The Morgan fingerprint density at radius 2 is 1.79 bits per heavy atom. The van der Waals surface area contributed by atoms with Crippen LogP contribution in [0, 0.1) is 0 Å². The van der Waals surface area contributed by atoms with E-state index in [0.717, 1.165) is 22.6 Å². The number of fused-ring (bicyclic) bond motifs is 1. The first-order valence-corrected chi connectivity index (χ1v) is 11.1.